The van der Waals surface area contributed by atoms with Crippen LogP contribution >= 0.6 is 0 Å². The number of allylic oxidation sites excluding steroid dienone is 1. The van der Waals surface area contributed by atoms with Crippen LogP contribution in [-0.4, -0.2) is 50.2 Å². The van der Waals surface area contributed by atoms with E-state index in [1.807, 2.05) is 31.2 Å². The Hall–Kier alpha value is -3.98. The maximum absolute atomic E-state index is 13.1. The lowest BCUT2D eigenvalue weighted by molar-refractivity contribution is -0.126. The molecule has 34 heavy (non-hydrogen) atoms. The number of carbonyl (C=O) groups is 1. The molecule has 0 radical (unpaired) electrons. The molecule has 0 atom stereocenters. The summed E-state index contributed by atoms with van der Waals surface area (Å²) in [6.45, 7) is 12.8. The van der Waals surface area contributed by atoms with Crippen LogP contribution in [0.4, 0.5) is 5.69 Å². The summed E-state index contributed by atoms with van der Waals surface area (Å²) in [7, 11) is 0. The van der Waals surface area contributed by atoms with Crippen LogP contribution in [0.25, 0.3) is 6.08 Å². The highest BCUT2D eigenvalue weighted by molar-refractivity contribution is 6.02. The lowest BCUT2D eigenvalue weighted by Gasteiger charge is -2.36. The van der Waals surface area contributed by atoms with E-state index in [2.05, 4.69) is 36.3 Å². The van der Waals surface area contributed by atoms with Gasteiger partial charge in [-0.2, -0.15) is 5.26 Å². The van der Waals surface area contributed by atoms with Gasteiger partial charge in [-0.15, -0.1) is 6.58 Å². The predicted octanol–water partition coefficient (Wildman–Crippen LogP) is 4.63. The van der Waals surface area contributed by atoms with Gasteiger partial charge in [0.15, 0.2) is 11.5 Å². The number of piperazine rings is 1. The Morgan fingerprint density at radius 3 is 2.44 bits per heavy atom. The van der Waals surface area contributed by atoms with Crippen molar-refractivity contribution in [2.24, 2.45) is 0 Å². The molecule has 1 heterocycles. The van der Waals surface area contributed by atoms with Crippen LogP contribution in [0.3, 0.4) is 0 Å². The summed E-state index contributed by atoms with van der Waals surface area (Å²) in [6, 6.07) is 15.9. The van der Waals surface area contributed by atoms with Crippen molar-refractivity contribution in [1.29, 1.82) is 5.26 Å². The summed E-state index contributed by atoms with van der Waals surface area (Å²) in [5.74, 6) is 0.933. The largest absolute Gasteiger partial charge is 0.490 e. The molecule has 1 aliphatic heterocycles. The van der Waals surface area contributed by atoms with Crippen LogP contribution in [0.1, 0.15) is 18.1 Å². The first-order valence-electron chi connectivity index (χ1n) is 11.5. The minimum atomic E-state index is -0.259. The van der Waals surface area contributed by atoms with E-state index in [-0.39, 0.29) is 11.5 Å². The fraction of sp³-hybridized carbons (Fsp3) is 0.286. The van der Waals surface area contributed by atoms with Gasteiger partial charge in [-0.05, 0) is 49.2 Å². The molecule has 6 heteroatoms. The van der Waals surface area contributed by atoms with Crippen LogP contribution in [0.5, 0.6) is 11.5 Å². The maximum atomic E-state index is 13.1. The van der Waals surface area contributed by atoms with Gasteiger partial charge in [0, 0.05) is 37.4 Å². The fourth-order valence-corrected chi connectivity index (χ4v) is 3.93. The molecule has 0 N–H and O–H groups in total. The molecule has 176 valence electrons. The summed E-state index contributed by atoms with van der Waals surface area (Å²) in [4.78, 5) is 17.1. The van der Waals surface area contributed by atoms with E-state index in [9.17, 15) is 10.1 Å². The zero-order valence-corrected chi connectivity index (χ0v) is 19.7. The lowest BCUT2D eigenvalue weighted by atomic mass is 10.0. The normalized spacial score (nSPS) is 13.7. The van der Waals surface area contributed by atoms with E-state index < -0.39 is 0 Å². The molecule has 6 nitrogen and oxygen atoms in total. The highest BCUT2D eigenvalue weighted by Gasteiger charge is 2.24. The van der Waals surface area contributed by atoms with Gasteiger partial charge in [-0.1, -0.05) is 36.9 Å². The Morgan fingerprint density at radius 1 is 1.09 bits per heavy atom. The number of carbonyl (C=O) groups excluding carboxylic acids is 1. The highest BCUT2D eigenvalue weighted by atomic mass is 16.5. The third-order valence-electron chi connectivity index (χ3n) is 5.51. The Balaban J connectivity index is 1.82. The van der Waals surface area contributed by atoms with Crippen molar-refractivity contribution >= 4 is 17.7 Å². The predicted molar refractivity (Wildman–Crippen MR) is 136 cm³/mol. The summed E-state index contributed by atoms with van der Waals surface area (Å²) >= 11 is 0. The van der Waals surface area contributed by atoms with Gasteiger partial charge in [0.2, 0.25) is 0 Å². The molecule has 2 aromatic carbocycles. The average Bonchev–Trinajstić information content (AvgIpc) is 2.87. The van der Waals surface area contributed by atoms with E-state index >= 15 is 0 Å². The molecule has 0 bridgehead atoms. The molecule has 1 amide bonds. The first kappa shape index (κ1) is 24.7. The Labute approximate surface area is 202 Å². The highest BCUT2D eigenvalue weighted by Crippen LogP contribution is 2.35. The molecule has 0 unspecified atom stereocenters. The average molecular weight is 458 g/mol. The van der Waals surface area contributed by atoms with E-state index in [0.717, 1.165) is 24.3 Å². The summed E-state index contributed by atoms with van der Waals surface area (Å²) in [5, 5.41) is 9.78. The lowest BCUT2D eigenvalue weighted by Crippen LogP contribution is -2.49. The van der Waals surface area contributed by atoms with Gasteiger partial charge < -0.3 is 19.3 Å². The third kappa shape index (κ3) is 6.08. The topological polar surface area (TPSA) is 65.8 Å². The Bertz CT molecular complexity index is 1080. The molecule has 3 rings (SSSR count). The number of para-hydroxylation sites is 1. The minimum Gasteiger partial charge on any atom is -0.490 e. The van der Waals surface area contributed by atoms with Gasteiger partial charge in [0.25, 0.3) is 5.91 Å². The second kappa shape index (κ2) is 12.3. The first-order chi connectivity index (χ1) is 16.6. The van der Waals surface area contributed by atoms with Crippen LogP contribution in [-0.2, 0) is 11.2 Å². The van der Waals surface area contributed by atoms with Gasteiger partial charge in [0.1, 0.15) is 18.2 Å². The van der Waals surface area contributed by atoms with Crippen LogP contribution in [0.15, 0.2) is 73.3 Å². The number of rotatable bonds is 10. The molecule has 2 aromatic rings. The number of benzene rings is 2. The standard InChI is InChI=1S/C28H31N3O3/c1-4-10-23-18-22(20-26(33-6-3)27(23)34-17-5-2)19-24(21-29)28(32)31-15-13-30(14-16-31)25-11-8-7-9-12-25/h4-5,7-9,11-12,18-20H,1-2,6,10,13-17H2,3H3/b24-19-. The number of anilines is 1. The van der Waals surface area contributed by atoms with Crippen LogP contribution in [0, 0.1) is 11.3 Å². The minimum absolute atomic E-state index is 0.0972. The Kier molecular flexibility index (Phi) is 8.93. The van der Waals surface area contributed by atoms with Gasteiger partial charge in [0.05, 0.1) is 6.61 Å². The molecule has 0 saturated carbocycles. The molecule has 1 aliphatic rings. The third-order valence-corrected chi connectivity index (χ3v) is 5.51. The molecule has 0 aliphatic carbocycles. The van der Waals surface area contributed by atoms with E-state index in [1.54, 1.807) is 29.2 Å². The van der Waals surface area contributed by atoms with Crippen LogP contribution < -0.4 is 14.4 Å². The molecule has 0 aromatic heterocycles. The van der Waals surface area contributed by atoms with Gasteiger partial charge in [-0.25, -0.2) is 0 Å². The van der Waals surface area contributed by atoms with Crippen LogP contribution in [0.2, 0.25) is 0 Å². The van der Waals surface area contributed by atoms with E-state index in [0.29, 0.717) is 49.8 Å². The number of ether oxygens (including phenoxy) is 2. The monoisotopic (exact) mass is 457 g/mol. The number of amides is 1. The molecule has 0 spiro atoms. The second-order valence-corrected chi connectivity index (χ2v) is 7.82. The SMILES string of the molecule is C=CCOc1c(CC=C)cc(/C=C(/C#N)C(=O)N2CCN(c3ccccc3)CC2)cc1OCC. The number of nitrogens with zero attached hydrogens (tertiary/aromatic N) is 3. The molecule has 1 fully saturated rings. The fourth-order valence-electron chi connectivity index (χ4n) is 3.93. The first-order valence-corrected chi connectivity index (χ1v) is 11.5. The summed E-state index contributed by atoms with van der Waals surface area (Å²) < 4.78 is 11.6. The zero-order valence-electron chi connectivity index (χ0n) is 19.7. The van der Waals surface area contributed by atoms with Gasteiger partial charge in [-0.3, -0.25) is 4.79 Å². The van der Waals surface area contributed by atoms with Crippen molar-refractivity contribution in [1.82, 2.24) is 4.90 Å². The van der Waals surface area contributed by atoms with Crippen molar-refractivity contribution in [2.45, 2.75) is 13.3 Å². The summed E-state index contributed by atoms with van der Waals surface area (Å²) in [6.07, 6.45) is 5.64. The van der Waals surface area contributed by atoms with Crippen molar-refractivity contribution < 1.29 is 14.3 Å². The van der Waals surface area contributed by atoms with Crippen molar-refractivity contribution in [3.8, 4) is 17.6 Å². The maximum Gasteiger partial charge on any atom is 0.264 e. The summed E-state index contributed by atoms with van der Waals surface area (Å²) in [5.41, 5.74) is 2.82. The number of hydrogen-bond donors (Lipinski definition) is 0. The zero-order chi connectivity index (χ0) is 24.3. The smallest absolute Gasteiger partial charge is 0.264 e. The van der Waals surface area contributed by atoms with Crippen molar-refractivity contribution in [3.05, 3.63) is 84.5 Å². The molecular formula is C28H31N3O3. The Morgan fingerprint density at radius 2 is 1.82 bits per heavy atom. The number of nitriles is 1. The van der Waals surface area contributed by atoms with Gasteiger partial charge >= 0.3 is 0 Å². The van der Waals surface area contributed by atoms with E-state index in [4.69, 9.17) is 9.47 Å². The van der Waals surface area contributed by atoms with Crippen molar-refractivity contribution in [3.63, 3.8) is 0 Å². The van der Waals surface area contributed by atoms with Crippen molar-refractivity contribution in [2.75, 3.05) is 44.3 Å². The molecule has 1 saturated heterocycles. The molecular weight excluding hydrogens is 426 g/mol. The number of hydrogen-bond acceptors (Lipinski definition) is 5. The second-order valence-electron chi connectivity index (χ2n) is 7.82. The quantitative estimate of drug-likeness (QED) is 0.296. The van der Waals surface area contributed by atoms with E-state index in [1.165, 1.54) is 0 Å².